The van der Waals surface area contributed by atoms with E-state index in [1.165, 1.54) is 17.1 Å². The van der Waals surface area contributed by atoms with E-state index in [-0.39, 0.29) is 10.8 Å². The highest BCUT2D eigenvalue weighted by atomic mass is 32.2. The van der Waals surface area contributed by atoms with Crippen molar-refractivity contribution in [1.29, 1.82) is 0 Å². The smallest absolute Gasteiger partial charge is 0.253 e. The molecule has 1 aromatic carbocycles. The van der Waals surface area contributed by atoms with Crippen LogP contribution in [-0.4, -0.2) is 74.2 Å². The molecule has 7 heteroatoms. The number of amides is 1. The first-order valence-corrected chi connectivity index (χ1v) is 11.0. The van der Waals surface area contributed by atoms with E-state index in [9.17, 15) is 13.2 Å². The molecule has 0 radical (unpaired) electrons. The van der Waals surface area contributed by atoms with Crippen LogP contribution in [-0.2, 0) is 10.0 Å². The summed E-state index contributed by atoms with van der Waals surface area (Å²) in [6.07, 6.45) is 2.37. The Hall–Kier alpha value is -1.44. The van der Waals surface area contributed by atoms with Crippen molar-refractivity contribution in [2.24, 2.45) is 0 Å². The highest BCUT2D eigenvalue weighted by Gasteiger charge is 2.24. The molecule has 0 aromatic heterocycles. The third kappa shape index (κ3) is 4.84. The van der Waals surface area contributed by atoms with E-state index in [0.717, 1.165) is 32.7 Å². The zero-order chi connectivity index (χ0) is 19.2. The maximum atomic E-state index is 12.7. The summed E-state index contributed by atoms with van der Waals surface area (Å²) < 4.78 is 26.5. The van der Waals surface area contributed by atoms with Crippen molar-refractivity contribution in [3.8, 4) is 0 Å². The lowest BCUT2D eigenvalue weighted by Crippen LogP contribution is -2.48. The Morgan fingerprint density at radius 1 is 1.00 bits per heavy atom. The predicted molar refractivity (Wildman–Crippen MR) is 104 cm³/mol. The van der Waals surface area contributed by atoms with Gasteiger partial charge in [-0.1, -0.05) is 27.2 Å². The van der Waals surface area contributed by atoms with Crippen molar-refractivity contribution < 1.29 is 13.2 Å². The van der Waals surface area contributed by atoms with Gasteiger partial charge in [0.2, 0.25) is 10.0 Å². The van der Waals surface area contributed by atoms with E-state index in [4.69, 9.17) is 0 Å². The number of rotatable bonds is 8. The molecule has 0 atom stereocenters. The minimum Gasteiger partial charge on any atom is -0.336 e. The average Bonchev–Trinajstić information content (AvgIpc) is 2.67. The number of hydrogen-bond donors (Lipinski definition) is 0. The zero-order valence-electron chi connectivity index (χ0n) is 16.1. The normalized spacial score (nSPS) is 16.2. The Labute approximate surface area is 157 Å². The topological polar surface area (TPSA) is 60.9 Å². The molecule has 6 nitrogen and oxygen atoms in total. The van der Waals surface area contributed by atoms with Gasteiger partial charge in [-0.3, -0.25) is 9.69 Å². The minimum atomic E-state index is -3.48. The second-order valence-corrected chi connectivity index (χ2v) is 8.54. The lowest BCUT2D eigenvalue weighted by atomic mass is 10.2. The van der Waals surface area contributed by atoms with Gasteiger partial charge in [0, 0.05) is 44.8 Å². The third-order valence-electron chi connectivity index (χ3n) is 4.93. The van der Waals surface area contributed by atoms with Gasteiger partial charge in [-0.05, 0) is 37.2 Å². The number of unbranched alkanes of at least 4 members (excludes halogenated alkanes) is 1. The fraction of sp³-hybridized carbons (Fsp3) is 0.632. The predicted octanol–water partition coefficient (Wildman–Crippen LogP) is 2.28. The molecule has 1 aliphatic heterocycles. The molecule has 1 saturated heterocycles. The molecule has 1 amide bonds. The summed E-state index contributed by atoms with van der Waals surface area (Å²) in [5, 5.41) is 0. The Morgan fingerprint density at radius 3 is 2.08 bits per heavy atom. The molecule has 0 spiro atoms. The van der Waals surface area contributed by atoms with Gasteiger partial charge in [0.1, 0.15) is 0 Å². The van der Waals surface area contributed by atoms with E-state index in [0.29, 0.717) is 18.7 Å². The maximum absolute atomic E-state index is 12.7. The first-order valence-electron chi connectivity index (χ1n) is 9.55. The standard InChI is InChI=1S/C19H31N3O3S/c1-4-7-12-20-13-15-21(16-14-20)19(23)17-8-10-18(11-9-17)26(24,25)22(5-2)6-3/h8-11H,4-7,12-16H2,1-3H3. The Bertz CT molecular complexity index is 676. The number of hydrogen-bond acceptors (Lipinski definition) is 4. The number of sulfonamides is 1. The molecule has 1 heterocycles. The van der Waals surface area contributed by atoms with Gasteiger partial charge in [0.05, 0.1) is 4.90 Å². The van der Waals surface area contributed by atoms with Gasteiger partial charge < -0.3 is 4.90 Å². The van der Waals surface area contributed by atoms with Crippen LogP contribution in [0.4, 0.5) is 0 Å². The molecule has 2 rings (SSSR count). The van der Waals surface area contributed by atoms with E-state index < -0.39 is 10.0 Å². The lowest BCUT2D eigenvalue weighted by Gasteiger charge is -2.34. The molecule has 0 bridgehead atoms. The van der Waals surface area contributed by atoms with E-state index >= 15 is 0 Å². The number of carbonyl (C=O) groups excluding carboxylic acids is 1. The van der Waals surface area contributed by atoms with Crippen LogP contribution in [0.2, 0.25) is 0 Å². The summed E-state index contributed by atoms with van der Waals surface area (Å²) in [4.78, 5) is 17.2. The first kappa shape index (κ1) is 20.9. The molecule has 26 heavy (non-hydrogen) atoms. The van der Waals surface area contributed by atoms with Crippen LogP contribution in [0.3, 0.4) is 0 Å². The van der Waals surface area contributed by atoms with Crippen LogP contribution >= 0.6 is 0 Å². The van der Waals surface area contributed by atoms with Crippen LogP contribution in [0.1, 0.15) is 44.0 Å². The third-order valence-corrected chi connectivity index (χ3v) is 7.00. The second-order valence-electron chi connectivity index (χ2n) is 6.60. The number of benzene rings is 1. The summed E-state index contributed by atoms with van der Waals surface area (Å²) in [6, 6.07) is 6.33. The highest BCUT2D eigenvalue weighted by Crippen LogP contribution is 2.17. The van der Waals surface area contributed by atoms with Crippen molar-refractivity contribution in [1.82, 2.24) is 14.1 Å². The van der Waals surface area contributed by atoms with Crippen LogP contribution in [0, 0.1) is 0 Å². The fourth-order valence-corrected chi connectivity index (χ4v) is 4.68. The molecule has 0 unspecified atom stereocenters. The van der Waals surface area contributed by atoms with Crippen molar-refractivity contribution in [3.05, 3.63) is 29.8 Å². The van der Waals surface area contributed by atoms with E-state index in [1.807, 2.05) is 18.7 Å². The lowest BCUT2D eigenvalue weighted by molar-refractivity contribution is 0.0635. The first-order chi connectivity index (χ1) is 12.4. The molecular formula is C19H31N3O3S. The van der Waals surface area contributed by atoms with Gasteiger partial charge in [0.15, 0.2) is 0 Å². The highest BCUT2D eigenvalue weighted by molar-refractivity contribution is 7.89. The van der Waals surface area contributed by atoms with Gasteiger partial charge in [-0.15, -0.1) is 0 Å². The zero-order valence-corrected chi connectivity index (χ0v) is 17.0. The molecule has 1 fully saturated rings. The summed E-state index contributed by atoms with van der Waals surface area (Å²) in [5.41, 5.74) is 0.547. The summed E-state index contributed by atoms with van der Waals surface area (Å²) in [5.74, 6) is -0.0214. The van der Waals surface area contributed by atoms with Crippen molar-refractivity contribution in [2.45, 2.75) is 38.5 Å². The maximum Gasteiger partial charge on any atom is 0.253 e. The average molecular weight is 382 g/mol. The SMILES string of the molecule is CCCCN1CCN(C(=O)c2ccc(S(=O)(=O)N(CC)CC)cc2)CC1. The van der Waals surface area contributed by atoms with Crippen molar-refractivity contribution in [2.75, 3.05) is 45.8 Å². The molecule has 1 aromatic rings. The van der Waals surface area contributed by atoms with Gasteiger partial charge >= 0.3 is 0 Å². The van der Waals surface area contributed by atoms with Crippen LogP contribution in [0.15, 0.2) is 29.2 Å². The molecule has 1 aliphatic rings. The van der Waals surface area contributed by atoms with Gasteiger partial charge in [0.25, 0.3) is 5.91 Å². The van der Waals surface area contributed by atoms with E-state index in [2.05, 4.69) is 11.8 Å². The summed E-state index contributed by atoms with van der Waals surface area (Å²) in [6.45, 7) is 11.0. The van der Waals surface area contributed by atoms with Crippen LogP contribution in [0.5, 0.6) is 0 Å². The monoisotopic (exact) mass is 381 g/mol. The second kappa shape index (κ2) is 9.48. The molecule has 0 N–H and O–H groups in total. The van der Waals surface area contributed by atoms with E-state index in [1.54, 1.807) is 24.3 Å². The Morgan fingerprint density at radius 2 is 1.58 bits per heavy atom. The Balaban J connectivity index is 2.01. The quantitative estimate of drug-likeness (QED) is 0.693. The molecule has 0 aliphatic carbocycles. The number of carbonyl (C=O) groups is 1. The van der Waals surface area contributed by atoms with Crippen LogP contribution in [0.25, 0.3) is 0 Å². The number of nitrogens with zero attached hydrogens (tertiary/aromatic N) is 3. The molecule has 0 saturated carbocycles. The Kier molecular flexibility index (Phi) is 7.61. The minimum absolute atomic E-state index is 0.0214. The number of piperazine rings is 1. The van der Waals surface area contributed by atoms with Crippen molar-refractivity contribution in [3.63, 3.8) is 0 Å². The molecular weight excluding hydrogens is 350 g/mol. The fourth-order valence-electron chi connectivity index (χ4n) is 3.22. The molecule has 146 valence electrons. The summed E-state index contributed by atoms with van der Waals surface area (Å²) in [7, 11) is -3.48. The largest absolute Gasteiger partial charge is 0.336 e. The summed E-state index contributed by atoms with van der Waals surface area (Å²) >= 11 is 0. The van der Waals surface area contributed by atoms with Crippen LogP contribution < -0.4 is 0 Å². The van der Waals surface area contributed by atoms with Gasteiger partial charge in [-0.25, -0.2) is 8.42 Å². The van der Waals surface area contributed by atoms with Crippen molar-refractivity contribution >= 4 is 15.9 Å². The van der Waals surface area contributed by atoms with Gasteiger partial charge in [-0.2, -0.15) is 4.31 Å².